The average Bonchev–Trinajstić information content (AvgIpc) is 2.82. The summed E-state index contributed by atoms with van der Waals surface area (Å²) in [6.07, 6.45) is 0.0101. The number of pyridine rings is 1. The first-order valence-electron chi connectivity index (χ1n) is 10.9. The van der Waals surface area contributed by atoms with E-state index in [1.807, 2.05) is 37.3 Å². The van der Waals surface area contributed by atoms with Crippen molar-refractivity contribution in [2.75, 3.05) is 18.5 Å². The lowest BCUT2D eigenvalue weighted by molar-refractivity contribution is -0.0191. The van der Waals surface area contributed by atoms with Crippen LogP contribution in [0.5, 0.6) is 0 Å². The van der Waals surface area contributed by atoms with Gasteiger partial charge in [0.2, 0.25) is 0 Å². The number of hydrogen-bond donors (Lipinski definition) is 5. The molecule has 2 aliphatic heterocycles. The van der Waals surface area contributed by atoms with Gasteiger partial charge in [0.05, 0.1) is 23.7 Å². The molecule has 34 heavy (non-hydrogen) atoms. The van der Waals surface area contributed by atoms with Crippen LogP contribution in [0.2, 0.25) is 0 Å². The maximum absolute atomic E-state index is 12.4. The highest BCUT2D eigenvalue weighted by molar-refractivity contribution is 5.84. The fourth-order valence-electron chi connectivity index (χ4n) is 3.81. The zero-order valence-corrected chi connectivity index (χ0v) is 18.6. The molecular formula is C23H26N6O5. The third-order valence-corrected chi connectivity index (χ3v) is 5.66. The molecule has 0 spiro atoms. The van der Waals surface area contributed by atoms with Gasteiger partial charge in [0.25, 0.3) is 5.56 Å². The number of aliphatic hydroxyl groups excluding tert-OH is 3. The Bertz CT molecular complexity index is 1370. The molecule has 0 saturated heterocycles. The van der Waals surface area contributed by atoms with Crippen LogP contribution in [0.25, 0.3) is 22.6 Å². The van der Waals surface area contributed by atoms with Crippen LogP contribution in [0.4, 0.5) is 5.69 Å². The highest BCUT2D eigenvalue weighted by Crippen LogP contribution is 2.27. The third kappa shape index (κ3) is 4.96. The van der Waals surface area contributed by atoms with E-state index in [0.29, 0.717) is 17.6 Å². The first kappa shape index (κ1) is 23.5. The van der Waals surface area contributed by atoms with Gasteiger partial charge >= 0.3 is 5.69 Å². The molecule has 0 bridgehead atoms. The number of aromatic nitrogens is 5. The Labute approximate surface area is 194 Å². The molecular weight excluding hydrogens is 440 g/mol. The van der Waals surface area contributed by atoms with Crippen molar-refractivity contribution in [3.63, 3.8) is 0 Å². The third-order valence-electron chi connectivity index (χ3n) is 5.66. The van der Waals surface area contributed by atoms with Crippen LogP contribution in [-0.4, -0.2) is 65.2 Å². The number of hydrogen-bond acceptors (Lipinski definition) is 9. The molecule has 2 atom stereocenters. The van der Waals surface area contributed by atoms with Gasteiger partial charge in [-0.25, -0.2) is 9.78 Å². The van der Waals surface area contributed by atoms with Crippen molar-refractivity contribution in [3.05, 3.63) is 68.6 Å². The summed E-state index contributed by atoms with van der Waals surface area (Å²) in [5.41, 5.74) is 2.36. The maximum atomic E-state index is 12.4. The van der Waals surface area contributed by atoms with Crippen LogP contribution in [0.1, 0.15) is 17.7 Å². The number of fused-ring (bicyclic) bond motifs is 2. The van der Waals surface area contributed by atoms with Crippen LogP contribution < -0.4 is 16.6 Å². The van der Waals surface area contributed by atoms with E-state index in [1.165, 1.54) is 0 Å². The summed E-state index contributed by atoms with van der Waals surface area (Å²) in [4.78, 5) is 39.2. The lowest BCUT2D eigenvalue weighted by Crippen LogP contribution is -2.32. The standard InChI is InChI=1S/C23H26N6O5/c1-13-10-16-17(11-15(13)25-8-5-14-4-2-3-7-24-14)29(9-6-18(31)19(32)12-30)21-20(26-16)22(33)28-23(34)27-21/h2-4,7,10-11,18-19,25,30-32H,5-6,8-9,12H2,1H3,(H,28,33,34)/t18-,19+/m0/s1. The Kier molecular flexibility index (Phi) is 6.96. The van der Waals surface area contributed by atoms with Crippen molar-refractivity contribution in [1.29, 1.82) is 0 Å². The number of anilines is 1. The quantitative estimate of drug-likeness (QED) is 0.214. The lowest BCUT2D eigenvalue weighted by atomic mass is 10.1. The zero-order chi connectivity index (χ0) is 24.2. The molecule has 178 valence electrons. The van der Waals surface area contributed by atoms with Crippen molar-refractivity contribution < 1.29 is 15.3 Å². The maximum Gasteiger partial charge on any atom is 0.349 e. The van der Waals surface area contributed by atoms with Crippen molar-refractivity contribution in [3.8, 4) is 11.5 Å². The minimum absolute atomic E-state index is 0.000410. The van der Waals surface area contributed by atoms with E-state index in [4.69, 9.17) is 5.11 Å². The molecule has 0 fully saturated rings. The van der Waals surface area contributed by atoms with Gasteiger partial charge in [0.15, 0.2) is 11.5 Å². The van der Waals surface area contributed by atoms with E-state index in [2.05, 4.69) is 25.3 Å². The van der Waals surface area contributed by atoms with Crippen molar-refractivity contribution in [2.24, 2.45) is 0 Å². The average molecular weight is 466 g/mol. The Balaban J connectivity index is 1.74. The lowest BCUT2D eigenvalue weighted by Gasteiger charge is -2.21. The first-order chi connectivity index (χ1) is 16.4. The predicted molar refractivity (Wildman–Crippen MR) is 126 cm³/mol. The molecule has 4 rings (SSSR count). The predicted octanol–water partition coefficient (Wildman–Crippen LogP) is 0.0468. The van der Waals surface area contributed by atoms with Gasteiger partial charge in [-0.15, -0.1) is 0 Å². The van der Waals surface area contributed by atoms with E-state index in [0.717, 1.165) is 23.4 Å². The van der Waals surface area contributed by atoms with E-state index in [9.17, 15) is 19.8 Å². The van der Waals surface area contributed by atoms with E-state index in [1.54, 1.807) is 10.8 Å². The van der Waals surface area contributed by atoms with E-state index < -0.39 is 30.1 Å². The summed E-state index contributed by atoms with van der Waals surface area (Å²) < 4.78 is 1.63. The SMILES string of the molecule is Cc1cc2nc3c(=O)[nH]c(=O)nc-3n(CC[C@H](O)[C@H](O)CO)c2cc1NCCc1ccccn1. The molecule has 11 nitrogen and oxygen atoms in total. The number of aryl methyl sites for hydroxylation is 2. The van der Waals surface area contributed by atoms with Gasteiger partial charge in [-0.2, -0.15) is 4.98 Å². The summed E-state index contributed by atoms with van der Waals surface area (Å²) in [5.74, 6) is 0.0789. The Morgan fingerprint density at radius 3 is 2.71 bits per heavy atom. The minimum atomic E-state index is -1.31. The molecule has 5 N–H and O–H groups in total. The van der Waals surface area contributed by atoms with Gasteiger partial charge in [0.1, 0.15) is 6.10 Å². The van der Waals surface area contributed by atoms with Crippen molar-refractivity contribution in [1.82, 2.24) is 24.5 Å². The molecule has 0 amide bonds. The van der Waals surface area contributed by atoms with Crippen LogP contribution in [0.15, 0.2) is 46.1 Å². The molecule has 0 saturated carbocycles. The van der Waals surface area contributed by atoms with Gasteiger partial charge in [-0.1, -0.05) is 6.07 Å². The smallest absolute Gasteiger partial charge is 0.349 e. The molecule has 0 unspecified atom stereocenters. The molecule has 1 aromatic heterocycles. The Morgan fingerprint density at radius 1 is 1.15 bits per heavy atom. The Morgan fingerprint density at radius 2 is 1.97 bits per heavy atom. The number of benzene rings is 1. The number of nitrogens with zero attached hydrogens (tertiary/aromatic N) is 4. The number of aliphatic hydroxyl groups is 3. The van der Waals surface area contributed by atoms with Crippen molar-refractivity contribution in [2.45, 2.75) is 38.5 Å². The van der Waals surface area contributed by atoms with Gasteiger partial charge in [-0.3, -0.25) is 14.8 Å². The van der Waals surface area contributed by atoms with Gasteiger partial charge in [0, 0.05) is 37.1 Å². The topological polar surface area (TPSA) is 166 Å². The number of nitrogens with one attached hydrogen (secondary N) is 2. The fraction of sp³-hybridized carbons (Fsp3) is 0.348. The number of rotatable bonds is 9. The molecule has 0 radical (unpaired) electrons. The van der Waals surface area contributed by atoms with Crippen LogP contribution in [0, 0.1) is 6.92 Å². The largest absolute Gasteiger partial charge is 0.394 e. The summed E-state index contributed by atoms with van der Waals surface area (Å²) in [6, 6.07) is 9.44. The summed E-state index contributed by atoms with van der Waals surface area (Å²) in [5, 5.41) is 32.4. The van der Waals surface area contributed by atoms with Crippen molar-refractivity contribution >= 4 is 16.7 Å². The second kappa shape index (κ2) is 10.1. The molecule has 2 aromatic rings. The molecule has 0 aliphatic carbocycles. The first-order valence-corrected chi connectivity index (χ1v) is 10.9. The highest BCUT2D eigenvalue weighted by atomic mass is 16.4. The second-order valence-electron chi connectivity index (χ2n) is 8.07. The molecule has 11 heteroatoms. The summed E-state index contributed by atoms with van der Waals surface area (Å²) in [7, 11) is 0. The monoisotopic (exact) mass is 466 g/mol. The normalized spacial score (nSPS) is 13.3. The Hall–Kier alpha value is -3.67. The number of aromatic amines is 1. The summed E-state index contributed by atoms with van der Waals surface area (Å²) >= 11 is 0. The van der Waals surface area contributed by atoms with Crippen LogP contribution >= 0.6 is 0 Å². The van der Waals surface area contributed by atoms with E-state index >= 15 is 0 Å². The highest BCUT2D eigenvalue weighted by Gasteiger charge is 2.22. The van der Waals surface area contributed by atoms with Gasteiger partial charge in [-0.05, 0) is 43.2 Å². The minimum Gasteiger partial charge on any atom is -0.394 e. The number of H-pyrrole nitrogens is 1. The molecule has 2 aliphatic rings. The fourth-order valence-corrected chi connectivity index (χ4v) is 3.81. The summed E-state index contributed by atoms with van der Waals surface area (Å²) in [6.45, 7) is 2.09. The second-order valence-corrected chi connectivity index (χ2v) is 8.07. The van der Waals surface area contributed by atoms with Crippen LogP contribution in [-0.2, 0) is 13.0 Å². The molecule has 1 aromatic carbocycles. The molecule has 3 heterocycles. The zero-order valence-electron chi connectivity index (χ0n) is 18.6. The van der Waals surface area contributed by atoms with Crippen LogP contribution in [0.3, 0.4) is 0 Å². The van der Waals surface area contributed by atoms with E-state index in [-0.39, 0.29) is 24.5 Å². The van der Waals surface area contributed by atoms with Gasteiger partial charge < -0.3 is 25.2 Å².